The molecule has 51 heavy (non-hydrogen) atoms. The Kier molecular flexibility index (Phi) is 26.5. The number of likely N-dealkylation sites (N-methyl/N-ethyl adjacent to an activating group) is 1. The van der Waals surface area contributed by atoms with Crippen LogP contribution >= 0.6 is 33.3 Å². The second-order valence-electron chi connectivity index (χ2n) is 11.0. The maximum atomic E-state index is 13.5. The molecule has 10 N–H and O–H groups in total. The van der Waals surface area contributed by atoms with Crippen molar-refractivity contribution in [2.75, 3.05) is 49.0 Å². The number of carboxylic acids is 1. The van der Waals surface area contributed by atoms with Crippen molar-refractivity contribution >= 4 is 84.8 Å². The number of hydrazine groups is 1. The molecule has 4 unspecified atom stereocenters. The summed E-state index contributed by atoms with van der Waals surface area (Å²) in [6.07, 6.45) is 0.764. The van der Waals surface area contributed by atoms with Gasteiger partial charge in [0.05, 0.1) is 41.8 Å². The van der Waals surface area contributed by atoms with E-state index in [-0.39, 0.29) is 56.0 Å². The first-order chi connectivity index (χ1) is 24.0. The Morgan fingerprint density at radius 3 is 2.02 bits per heavy atom. The second-order valence-corrected chi connectivity index (χ2v) is 16.3. The molecule has 0 aromatic carbocycles. The minimum Gasteiger partial charge on any atom is -0.748 e. The summed E-state index contributed by atoms with van der Waals surface area (Å²) >= 11 is 1.17. The number of nitrogens with two attached hydrogens (primary N) is 1. The molecule has 0 saturated heterocycles. The van der Waals surface area contributed by atoms with Crippen LogP contribution in [0.5, 0.6) is 0 Å². The second kappa shape index (κ2) is 27.9. The van der Waals surface area contributed by atoms with Crippen LogP contribution in [0.15, 0.2) is 0 Å². The lowest BCUT2D eigenvalue weighted by molar-refractivity contribution is -0.368. The number of carbonyl (C=O) groups excluding carboxylic acids is 7. The average Bonchev–Trinajstić information content (AvgIpc) is 3.06. The van der Waals surface area contributed by atoms with E-state index in [9.17, 15) is 51.6 Å². The Bertz CT molecular complexity index is 1250. The third-order valence-electron chi connectivity index (χ3n) is 6.80. The molecule has 0 aliphatic heterocycles. The van der Waals surface area contributed by atoms with Crippen molar-refractivity contribution in [2.45, 2.75) is 82.5 Å². The molecule has 4 amide bonds. The number of ketones is 1. The summed E-state index contributed by atoms with van der Waals surface area (Å²) in [5, 5.41) is 21.5. The van der Waals surface area contributed by atoms with Gasteiger partial charge in [0, 0.05) is 41.2 Å². The van der Waals surface area contributed by atoms with Gasteiger partial charge in [0.15, 0.2) is 5.78 Å². The lowest BCUT2D eigenvalue weighted by Crippen LogP contribution is -2.58. The fourth-order valence-corrected chi connectivity index (χ4v) is 7.61. The predicted molar refractivity (Wildman–Crippen MR) is 189 cm³/mol. The van der Waals surface area contributed by atoms with Crippen LogP contribution in [0.1, 0.15) is 58.3 Å². The zero-order chi connectivity index (χ0) is 38.8. The SMILES string of the molecule is CNC(CCC(=O)[O-])C(=O)NC(CCCC[NH3+])C(=O)NC(CSSCCC(=O)NN)C(=O)NC(CSCCC(=O)OCCCS(=O)(=O)[O-])C(C)=O. The van der Waals surface area contributed by atoms with Gasteiger partial charge < -0.3 is 46.2 Å². The Balaban J connectivity index is 5.61. The molecule has 23 heteroatoms. The number of ether oxygens (including phenoxy) is 1. The normalized spacial score (nSPS) is 13.6. The largest absolute Gasteiger partial charge is 0.748 e. The summed E-state index contributed by atoms with van der Waals surface area (Å²) in [4.78, 5) is 86.7. The fourth-order valence-electron chi connectivity index (χ4n) is 3.96. The van der Waals surface area contributed by atoms with E-state index in [0.29, 0.717) is 25.1 Å². The van der Waals surface area contributed by atoms with E-state index in [4.69, 9.17) is 10.6 Å². The highest BCUT2D eigenvalue weighted by Crippen LogP contribution is 2.23. The van der Waals surface area contributed by atoms with E-state index in [1.54, 1.807) is 0 Å². The summed E-state index contributed by atoms with van der Waals surface area (Å²) in [5.74, 6) is 0.291. The number of rotatable bonds is 30. The first-order valence-electron chi connectivity index (χ1n) is 16.0. The molecule has 0 rings (SSSR count). The third kappa shape index (κ3) is 25.0. The van der Waals surface area contributed by atoms with Crippen molar-refractivity contribution in [1.82, 2.24) is 26.7 Å². The van der Waals surface area contributed by atoms with Crippen LogP contribution in [0.4, 0.5) is 0 Å². The van der Waals surface area contributed by atoms with E-state index < -0.39 is 87.8 Å². The highest BCUT2D eigenvalue weighted by atomic mass is 33.1. The number of unbranched alkanes of at least 4 members (excludes halogenated alkanes) is 1. The number of nitrogens with one attached hydrogen (secondary N) is 5. The van der Waals surface area contributed by atoms with E-state index >= 15 is 0 Å². The van der Waals surface area contributed by atoms with Gasteiger partial charge in [-0.25, -0.2) is 14.3 Å². The molecule has 0 aromatic heterocycles. The molecule has 0 aliphatic carbocycles. The first kappa shape index (κ1) is 48.3. The average molecular weight is 805 g/mol. The number of aliphatic carboxylic acids is 1. The molecule has 294 valence electrons. The van der Waals surface area contributed by atoms with Crippen molar-refractivity contribution in [3.8, 4) is 0 Å². The van der Waals surface area contributed by atoms with Crippen LogP contribution in [0.2, 0.25) is 0 Å². The number of carbonyl (C=O) groups is 7. The van der Waals surface area contributed by atoms with Crippen LogP contribution < -0.4 is 43.4 Å². The molecule has 0 bridgehead atoms. The van der Waals surface area contributed by atoms with Crippen LogP contribution in [-0.4, -0.2) is 127 Å². The molecule has 0 radical (unpaired) electrons. The Morgan fingerprint density at radius 2 is 1.43 bits per heavy atom. The molecule has 4 atom stereocenters. The van der Waals surface area contributed by atoms with Crippen molar-refractivity contribution < 1.29 is 62.1 Å². The molecule has 0 aliphatic rings. The van der Waals surface area contributed by atoms with Gasteiger partial charge in [-0.15, -0.1) is 0 Å². The highest BCUT2D eigenvalue weighted by molar-refractivity contribution is 8.76. The van der Waals surface area contributed by atoms with E-state index in [2.05, 4.69) is 27.0 Å². The quantitative estimate of drug-likeness (QED) is 0.00690. The van der Waals surface area contributed by atoms with Crippen LogP contribution in [0.25, 0.3) is 0 Å². The lowest BCUT2D eigenvalue weighted by Gasteiger charge is -2.26. The van der Waals surface area contributed by atoms with Gasteiger partial charge in [-0.2, -0.15) is 11.8 Å². The number of carboxylic acid groups (broad SMARTS) is 1. The summed E-state index contributed by atoms with van der Waals surface area (Å²) in [6.45, 7) is 1.60. The number of thioether (sulfide) groups is 1. The third-order valence-corrected chi connectivity index (χ3v) is 11.1. The van der Waals surface area contributed by atoms with Crippen molar-refractivity contribution in [3.05, 3.63) is 0 Å². The smallest absolute Gasteiger partial charge is 0.306 e. The number of amides is 4. The molecular weight excluding hydrogens is 755 g/mol. The van der Waals surface area contributed by atoms with Gasteiger partial charge in [0.25, 0.3) is 0 Å². The summed E-state index contributed by atoms with van der Waals surface area (Å²) in [6, 6.07) is -4.21. The summed E-state index contributed by atoms with van der Waals surface area (Å²) < 4.78 is 36.8. The molecule has 0 spiro atoms. The Labute approximate surface area is 309 Å². The number of quaternary nitrogens is 1. The maximum Gasteiger partial charge on any atom is 0.306 e. The van der Waals surface area contributed by atoms with Crippen LogP contribution in [-0.2, 0) is 48.4 Å². The topological polar surface area (TPSA) is 323 Å². The van der Waals surface area contributed by atoms with Gasteiger partial charge >= 0.3 is 5.97 Å². The zero-order valence-corrected chi connectivity index (χ0v) is 32.0. The minimum atomic E-state index is -4.41. The number of hydrogen-bond donors (Lipinski definition) is 7. The van der Waals surface area contributed by atoms with Gasteiger partial charge in [-0.3, -0.25) is 34.2 Å². The summed E-state index contributed by atoms with van der Waals surface area (Å²) in [7, 11) is -0.524. The molecule has 0 aromatic rings. The minimum absolute atomic E-state index is 0.00797. The predicted octanol–water partition coefficient (Wildman–Crippen LogP) is -4.08. The van der Waals surface area contributed by atoms with E-state index in [0.717, 1.165) is 0 Å². The van der Waals surface area contributed by atoms with E-state index in [1.807, 2.05) is 5.43 Å². The van der Waals surface area contributed by atoms with Crippen molar-refractivity contribution in [1.29, 1.82) is 0 Å². The number of hydrogen-bond acceptors (Lipinski definition) is 17. The van der Waals surface area contributed by atoms with Crippen molar-refractivity contribution in [3.63, 3.8) is 0 Å². The zero-order valence-electron chi connectivity index (χ0n) is 28.7. The van der Waals surface area contributed by atoms with Crippen LogP contribution in [0.3, 0.4) is 0 Å². The molecule has 0 heterocycles. The first-order valence-corrected chi connectivity index (χ1v) is 21.2. The van der Waals surface area contributed by atoms with Gasteiger partial charge in [-0.05, 0) is 52.5 Å². The fraction of sp³-hybridized carbons (Fsp3) is 0.750. The molecule has 19 nitrogen and oxygen atoms in total. The maximum absolute atomic E-state index is 13.5. The van der Waals surface area contributed by atoms with Crippen LogP contribution in [0, 0.1) is 0 Å². The Hall–Kier alpha value is -2.67. The number of esters is 1. The van der Waals surface area contributed by atoms with Gasteiger partial charge in [0.2, 0.25) is 23.6 Å². The highest BCUT2D eigenvalue weighted by Gasteiger charge is 2.30. The number of Topliss-reactive ketones (excluding diaryl/α,β-unsaturated/α-hetero) is 1. The van der Waals surface area contributed by atoms with Gasteiger partial charge in [0.1, 0.15) is 12.1 Å². The van der Waals surface area contributed by atoms with E-state index in [1.165, 1.54) is 47.3 Å². The summed E-state index contributed by atoms with van der Waals surface area (Å²) in [5.41, 5.74) is 5.79. The monoisotopic (exact) mass is 804 g/mol. The molecular formula is C28H50N7O12S4-. The van der Waals surface area contributed by atoms with Gasteiger partial charge in [-0.1, -0.05) is 21.6 Å². The Morgan fingerprint density at radius 1 is 0.804 bits per heavy atom. The molecule has 0 fully saturated rings. The lowest BCUT2D eigenvalue weighted by atomic mass is 10.1. The standard InChI is InChI=1S/C28H51N7O12S4/c1-18(36)21(16-48-13-10-25(40)47-12-5-15-51(44,45)46)33-28(43)22(17-50-49-14-9-23(37)35-30)34-27(42)20(6-3-4-11-29)32-26(41)19(31-2)7-8-24(38)39/h19-22,31H,3-17,29-30H2,1-2H3,(H,32,41)(H,33,43)(H,34,42)(H,35,37)(H,38,39)(H,44,45,46)/p-1. The van der Waals surface area contributed by atoms with Crippen molar-refractivity contribution in [2.24, 2.45) is 5.84 Å². The molecule has 0 saturated carbocycles.